The molecule has 0 fully saturated rings. The van der Waals surface area contributed by atoms with E-state index in [1.165, 1.54) is 18.5 Å². The van der Waals surface area contributed by atoms with E-state index in [1.54, 1.807) is 31.2 Å². The fourth-order valence-electron chi connectivity index (χ4n) is 2.10. The number of pyridine rings is 1. The number of benzene rings is 1. The monoisotopic (exact) mass is 390 g/mol. The summed E-state index contributed by atoms with van der Waals surface area (Å²) >= 11 is 12.0. The van der Waals surface area contributed by atoms with Gasteiger partial charge in [0, 0.05) is 18.5 Å². The lowest BCUT2D eigenvalue weighted by Crippen LogP contribution is -2.16. The van der Waals surface area contributed by atoms with Crippen LogP contribution in [0.4, 0.5) is 11.5 Å². The van der Waals surface area contributed by atoms with Gasteiger partial charge in [-0.2, -0.15) is 0 Å². The van der Waals surface area contributed by atoms with Gasteiger partial charge in [-0.1, -0.05) is 34.4 Å². The molecule has 0 atom stereocenters. The van der Waals surface area contributed by atoms with Crippen molar-refractivity contribution in [2.45, 2.75) is 6.92 Å². The molecule has 2 N–H and O–H groups in total. The predicted molar refractivity (Wildman–Crippen MR) is 97.8 cm³/mol. The van der Waals surface area contributed by atoms with Crippen LogP contribution in [0.15, 0.2) is 47.2 Å². The van der Waals surface area contributed by atoms with Gasteiger partial charge in [-0.15, -0.1) is 0 Å². The predicted octanol–water partition coefficient (Wildman–Crippen LogP) is 4.19. The van der Waals surface area contributed by atoms with Crippen LogP contribution < -0.4 is 10.6 Å². The molecule has 132 valence electrons. The molecule has 3 rings (SSSR count). The number of anilines is 2. The number of carbonyl (C=O) groups excluding carboxylic acids is 2. The Morgan fingerprint density at radius 3 is 2.38 bits per heavy atom. The van der Waals surface area contributed by atoms with E-state index in [4.69, 9.17) is 27.7 Å². The zero-order chi connectivity index (χ0) is 18.7. The van der Waals surface area contributed by atoms with Crippen molar-refractivity contribution < 1.29 is 14.1 Å². The normalized spacial score (nSPS) is 10.4. The molecular formula is C17H12Cl2N4O3. The summed E-state index contributed by atoms with van der Waals surface area (Å²) < 4.78 is 4.88. The number of nitrogens with one attached hydrogen (secondary N) is 2. The van der Waals surface area contributed by atoms with E-state index in [0.29, 0.717) is 16.5 Å². The number of halogens is 2. The summed E-state index contributed by atoms with van der Waals surface area (Å²) in [6.07, 6.45) is 2.68. The molecule has 7 nitrogen and oxygen atoms in total. The van der Waals surface area contributed by atoms with Crippen molar-refractivity contribution in [3.63, 3.8) is 0 Å². The molecule has 26 heavy (non-hydrogen) atoms. The summed E-state index contributed by atoms with van der Waals surface area (Å²) in [5.41, 5.74) is 0.734. The fourth-order valence-corrected chi connectivity index (χ4v) is 2.44. The molecule has 0 aliphatic rings. The maximum absolute atomic E-state index is 12.4. The van der Waals surface area contributed by atoms with Crippen molar-refractivity contribution in [3.8, 4) is 0 Å². The molecule has 0 unspecified atom stereocenters. The molecule has 2 amide bonds. The number of aryl methyl sites for hydroxylation is 1. The van der Waals surface area contributed by atoms with E-state index >= 15 is 0 Å². The third-order valence-electron chi connectivity index (χ3n) is 3.33. The average Bonchev–Trinajstić information content (AvgIpc) is 3.03. The first-order chi connectivity index (χ1) is 12.4. The van der Waals surface area contributed by atoms with Gasteiger partial charge in [0.15, 0.2) is 5.82 Å². The molecule has 2 aromatic heterocycles. The second-order valence-electron chi connectivity index (χ2n) is 5.29. The fraction of sp³-hybridized carbons (Fsp3) is 0.0588. The highest BCUT2D eigenvalue weighted by atomic mass is 35.5. The van der Waals surface area contributed by atoms with Crippen LogP contribution in [-0.4, -0.2) is 22.0 Å². The lowest BCUT2D eigenvalue weighted by molar-refractivity contribution is 0.102. The Hall–Kier alpha value is -2.90. The minimum Gasteiger partial charge on any atom is -0.360 e. The van der Waals surface area contributed by atoms with Gasteiger partial charge in [-0.3, -0.25) is 14.6 Å². The zero-order valence-electron chi connectivity index (χ0n) is 13.4. The number of amides is 2. The lowest BCUT2D eigenvalue weighted by atomic mass is 10.2. The van der Waals surface area contributed by atoms with E-state index in [2.05, 4.69) is 20.8 Å². The first kappa shape index (κ1) is 17.9. The second-order valence-corrected chi connectivity index (χ2v) is 6.08. The molecule has 2 heterocycles. The van der Waals surface area contributed by atoms with Gasteiger partial charge in [0.25, 0.3) is 11.8 Å². The van der Waals surface area contributed by atoms with E-state index in [0.717, 1.165) is 0 Å². The van der Waals surface area contributed by atoms with Crippen molar-refractivity contribution >= 4 is 46.5 Å². The largest absolute Gasteiger partial charge is 0.360 e. The Balaban J connectivity index is 1.76. The van der Waals surface area contributed by atoms with Crippen molar-refractivity contribution in [2.75, 3.05) is 10.6 Å². The Bertz CT molecular complexity index is 988. The van der Waals surface area contributed by atoms with Gasteiger partial charge >= 0.3 is 0 Å². The van der Waals surface area contributed by atoms with Gasteiger partial charge in [-0.05, 0) is 25.1 Å². The van der Waals surface area contributed by atoms with Gasteiger partial charge in [0.2, 0.25) is 0 Å². The molecule has 0 radical (unpaired) electrons. The molecule has 3 aromatic rings. The Labute approximate surface area is 158 Å². The molecule has 9 heteroatoms. The summed E-state index contributed by atoms with van der Waals surface area (Å²) in [4.78, 5) is 28.6. The molecule has 1 aromatic carbocycles. The van der Waals surface area contributed by atoms with E-state index in [9.17, 15) is 9.59 Å². The van der Waals surface area contributed by atoms with Crippen molar-refractivity contribution in [3.05, 3.63) is 69.7 Å². The van der Waals surface area contributed by atoms with E-state index < -0.39 is 11.8 Å². The first-order valence-corrected chi connectivity index (χ1v) is 8.14. The van der Waals surface area contributed by atoms with E-state index in [1.807, 2.05) is 0 Å². The number of aromatic nitrogens is 2. The number of rotatable bonds is 4. The molecule has 0 saturated carbocycles. The van der Waals surface area contributed by atoms with Gasteiger partial charge < -0.3 is 15.2 Å². The molecule has 0 aliphatic heterocycles. The maximum Gasteiger partial charge on any atom is 0.258 e. The summed E-state index contributed by atoms with van der Waals surface area (Å²) in [5, 5.41) is 9.41. The average molecular weight is 391 g/mol. The molecule has 0 spiro atoms. The van der Waals surface area contributed by atoms with Crippen LogP contribution >= 0.6 is 23.2 Å². The van der Waals surface area contributed by atoms with Crippen LogP contribution in [-0.2, 0) is 0 Å². The van der Waals surface area contributed by atoms with Crippen LogP contribution in [0, 0.1) is 6.92 Å². The Morgan fingerprint density at radius 2 is 1.73 bits per heavy atom. The van der Waals surface area contributed by atoms with Crippen molar-refractivity contribution in [2.24, 2.45) is 0 Å². The minimum atomic E-state index is -0.478. The molecular weight excluding hydrogens is 379 g/mol. The van der Waals surface area contributed by atoms with E-state index in [-0.39, 0.29) is 22.0 Å². The van der Waals surface area contributed by atoms with Crippen molar-refractivity contribution in [1.29, 1.82) is 0 Å². The highest BCUT2D eigenvalue weighted by Gasteiger charge is 2.14. The molecule has 0 aliphatic carbocycles. The number of hydrogen-bond acceptors (Lipinski definition) is 5. The first-order valence-electron chi connectivity index (χ1n) is 7.39. The second kappa shape index (κ2) is 7.55. The van der Waals surface area contributed by atoms with Crippen LogP contribution in [0.25, 0.3) is 0 Å². The highest BCUT2D eigenvalue weighted by molar-refractivity contribution is 6.44. The van der Waals surface area contributed by atoms with Gasteiger partial charge in [-0.25, -0.2) is 0 Å². The SMILES string of the molecule is Cc1cc(NC(=O)c2cncc(C(=O)Nc3cccc(Cl)c3Cl)c2)no1. The zero-order valence-corrected chi connectivity index (χ0v) is 14.9. The Kier molecular flexibility index (Phi) is 5.20. The number of carbonyl (C=O) groups is 2. The smallest absolute Gasteiger partial charge is 0.258 e. The van der Waals surface area contributed by atoms with Crippen LogP contribution in [0.2, 0.25) is 10.0 Å². The van der Waals surface area contributed by atoms with Crippen LogP contribution in [0.5, 0.6) is 0 Å². The van der Waals surface area contributed by atoms with Crippen molar-refractivity contribution in [1.82, 2.24) is 10.1 Å². The number of hydrogen-bond donors (Lipinski definition) is 2. The third-order valence-corrected chi connectivity index (χ3v) is 4.15. The minimum absolute atomic E-state index is 0.185. The molecule has 0 saturated heterocycles. The topological polar surface area (TPSA) is 97.1 Å². The standard InChI is InChI=1S/C17H12Cl2N4O3/c1-9-5-14(23-26-9)22-17(25)11-6-10(7-20-8-11)16(24)21-13-4-2-3-12(18)15(13)19/h2-8H,1H3,(H,21,24)(H,22,23,25). The summed E-state index contributed by atoms with van der Waals surface area (Å²) in [6.45, 7) is 1.70. The van der Waals surface area contributed by atoms with Gasteiger partial charge in [0.1, 0.15) is 5.76 Å². The molecule has 0 bridgehead atoms. The Morgan fingerprint density at radius 1 is 1.04 bits per heavy atom. The number of nitrogens with zero attached hydrogens (tertiary/aromatic N) is 2. The maximum atomic E-state index is 12.4. The summed E-state index contributed by atoms with van der Waals surface area (Å²) in [5.74, 6) is -0.118. The third kappa shape index (κ3) is 4.01. The quantitative estimate of drug-likeness (QED) is 0.695. The lowest BCUT2D eigenvalue weighted by Gasteiger charge is -2.09. The summed E-state index contributed by atoms with van der Waals surface area (Å²) in [6, 6.07) is 7.86. The summed E-state index contributed by atoms with van der Waals surface area (Å²) in [7, 11) is 0. The highest BCUT2D eigenvalue weighted by Crippen LogP contribution is 2.29. The van der Waals surface area contributed by atoms with Gasteiger partial charge in [0.05, 0.1) is 26.9 Å². The van der Waals surface area contributed by atoms with Crippen LogP contribution in [0.1, 0.15) is 26.5 Å². The van der Waals surface area contributed by atoms with Crippen LogP contribution in [0.3, 0.4) is 0 Å².